The molecule has 0 radical (unpaired) electrons. The van der Waals surface area contributed by atoms with E-state index in [-0.39, 0.29) is 0 Å². The highest BCUT2D eigenvalue weighted by Gasteiger charge is 2.26. The van der Waals surface area contributed by atoms with Crippen LogP contribution in [0.2, 0.25) is 0 Å². The topological polar surface area (TPSA) is 29.3 Å². The van der Waals surface area contributed by atoms with E-state index in [0.29, 0.717) is 10.4 Å². The summed E-state index contributed by atoms with van der Waals surface area (Å²) in [6.07, 6.45) is 4.88. The second kappa shape index (κ2) is 5.97. The van der Waals surface area contributed by atoms with E-state index in [0.717, 1.165) is 18.9 Å². The van der Waals surface area contributed by atoms with Crippen molar-refractivity contribution in [3.05, 3.63) is 0 Å². The molecule has 0 aromatic heterocycles. The molecule has 0 bridgehead atoms. The molecule has 3 heteroatoms. The van der Waals surface area contributed by atoms with Gasteiger partial charge in [-0.1, -0.05) is 33.0 Å². The third-order valence-electron chi connectivity index (χ3n) is 3.72. The average Bonchev–Trinajstić information content (AvgIpc) is 2.38. The van der Waals surface area contributed by atoms with Crippen molar-refractivity contribution in [3.63, 3.8) is 0 Å². The van der Waals surface area contributed by atoms with Gasteiger partial charge in [0.2, 0.25) is 0 Å². The summed E-state index contributed by atoms with van der Waals surface area (Å²) < 4.78 is 0. The van der Waals surface area contributed by atoms with Crippen LogP contribution in [0.25, 0.3) is 0 Å². The Morgan fingerprint density at radius 3 is 2.56 bits per heavy atom. The van der Waals surface area contributed by atoms with Crippen molar-refractivity contribution in [1.82, 2.24) is 4.90 Å². The van der Waals surface area contributed by atoms with E-state index < -0.39 is 0 Å². The quantitative estimate of drug-likeness (QED) is 0.772. The number of hydrogen-bond acceptors (Lipinski definition) is 2. The standard InChI is InChI=1S/C13H26N2S/c1-13(2,3)11-5-4-8-15(9-6-11)10-7-12(14)16/h11H,4-10H2,1-3H3,(H2,14,16). The van der Waals surface area contributed by atoms with E-state index >= 15 is 0 Å². The highest BCUT2D eigenvalue weighted by Crippen LogP contribution is 2.34. The molecule has 0 saturated carbocycles. The van der Waals surface area contributed by atoms with Crippen LogP contribution in [0.4, 0.5) is 0 Å². The fourth-order valence-corrected chi connectivity index (χ4v) is 2.61. The van der Waals surface area contributed by atoms with Crippen molar-refractivity contribution >= 4 is 17.2 Å². The van der Waals surface area contributed by atoms with Crippen LogP contribution in [0.15, 0.2) is 0 Å². The third kappa shape index (κ3) is 4.79. The van der Waals surface area contributed by atoms with Crippen molar-refractivity contribution in [3.8, 4) is 0 Å². The molecule has 1 aliphatic rings. The van der Waals surface area contributed by atoms with Gasteiger partial charge >= 0.3 is 0 Å². The second-order valence-corrected chi connectivity index (χ2v) is 6.58. The van der Waals surface area contributed by atoms with Crippen LogP contribution in [0, 0.1) is 11.3 Å². The number of nitrogens with zero attached hydrogens (tertiary/aromatic N) is 1. The Labute approximate surface area is 106 Å². The number of thiocarbonyl (C=S) groups is 1. The van der Waals surface area contributed by atoms with Gasteiger partial charge in [-0.3, -0.25) is 0 Å². The summed E-state index contributed by atoms with van der Waals surface area (Å²) in [5, 5.41) is 0. The first kappa shape index (κ1) is 13.9. The van der Waals surface area contributed by atoms with Gasteiger partial charge in [-0.15, -0.1) is 0 Å². The van der Waals surface area contributed by atoms with Gasteiger partial charge in [0.25, 0.3) is 0 Å². The van der Waals surface area contributed by atoms with E-state index in [1.807, 2.05) is 0 Å². The first-order chi connectivity index (χ1) is 7.39. The van der Waals surface area contributed by atoms with Crippen LogP contribution < -0.4 is 5.73 Å². The molecule has 0 aromatic rings. The molecule has 1 fully saturated rings. The van der Waals surface area contributed by atoms with Crippen LogP contribution >= 0.6 is 12.2 Å². The molecule has 1 saturated heterocycles. The fraction of sp³-hybridized carbons (Fsp3) is 0.923. The van der Waals surface area contributed by atoms with E-state index in [4.69, 9.17) is 18.0 Å². The number of rotatable bonds is 3. The van der Waals surface area contributed by atoms with Crippen molar-refractivity contribution < 1.29 is 0 Å². The second-order valence-electron chi connectivity index (χ2n) is 6.05. The lowest BCUT2D eigenvalue weighted by Gasteiger charge is -2.29. The molecule has 1 unspecified atom stereocenters. The van der Waals surface area contributed by atoms with E-state index in [1.54, 1.807) is 0 Å². The highest BCUT2D eigenvalue weighted by molar-refractivity contribution is 7.80. The minimum Gasteiger partial charge on any atom is -0.393 e. The summed E-state index contributed by atoms with van der Waals surface area (Å²) in [6.45, 7) is 10.6. The molecule has 0 amide bonds. The summed E-state index contributed by atoms with van der Waals surface area (Å²) in [5.74, 6) is 0.863. The van der Waals surface area contributed by atoms with Gasteiger partial charge in [0.05, 0.1) is 4.99 Å². The molecule has 1 atom stereocenters. The van der Waals surface area contributed by atoms with Crippen LogP contribution in [0.1, 0.15) is 46.5 Å². The van der Waals surface area contributed by atoms with Crippen LogP contribution in [0.5, 0.6) is 0 Å². The first-order valence-corrected chi connectivity index (χ1v) is 6.81. The molecule has 2 N–H and O–H groups in total. The van der Waals surface area contributed by atoms with Gasteiger partial charge in [-0.05, 0) is 43.7 Å². The summed E-state index contributed by atoms with van der Waals surface area (Å²) in [5.41, 5.74) is 6.01. The van der Waals surface area contributed by atoms with Crippen LogP contribution in [-0.2, 0) is 0 Å². The van der Waals surface area contributed by atoms with Crippen molar-refractivity contribution in [1.29, 1.82) is 0 Å². The van der Waals surface area contributed by atoms with Crippen molar-refractivity contribution in [2.24, 2.45) is 17.1 Å². The zero-order valence-corrected chi connectivity index (χ0v) is 11.8. The van der Waals surface area contributed by atoms with E-state index in [9.17, 15) is 0 Å². The molecule has 16 heavy (non-hydrogen) atoms. The molecule has 2 nitrogen and oxygen atoms in total. The zero-order chi connectivity index (χ0) is 12.2. The van der Waals surface area contributed by atoms with Gasteiger partial charge in [-0.2, -0.15) is 0 Å². The Morgan fingerprint density at radius 1 is 1.31 bits per heavy atom. The lowest BCUT2D eigenvalue weighted by Crippen LogP contribution is -2.29. The van der Waals surface area contributed by atoms with E-state index in [1.165, 1.54) is 32.4 Å². The third-order valence-corrected chi connectivity index (χ3v) is 3.92. The number of likely N-dealkylation sites (tertiary alicyclic amines) is 1. The Bertz CT molecular complexity index is 233. The average molecular weight is 242 g/mol. The molecule has 1 heterocycles. The molecule has 94 valence electrons. The molecule has 1 rings (SSSR count). The normalized spacial score (nSPS) is 24.1. The van der Waals surface area contributed by atoms with Crippen molar-refractivity contribution in [2.75, 3.05) is 19.6 Å². The number of nitrogens with two attached hydrogens (primary N) is 1. The van der Waals surface area contributed by atoms with Crippen LogP contribution in [0.3, 0.4) is 0 Å². The Morgan fingerprint density at radius 2 is 2.00 bits per heavy atom. The predicted molar refractivity (Wildman–Crippen MR) is 74.6 cm³/mol. The minimum atomic E-state index is 0.458. The summed E-state index contributed by atoms with van der Waals surface area (Å²) in [6, 6.07) is 0. The molecule has 0 spiro atoms. The monoisotopic (exact) mass is 242 g/mol. The SMILES string of the molecule is CC(C)(C)C1CCCN(CCC(N)=S)CC1. The molecular formula is C13H26N2S. The minimum absolute atomic E-state index is 0.458. The highest BCUT2D eigenvalue weighted by atomic mass is 32.1. The molecule has 0 aliphatic carbocycles. The Hall–Kier alpha value is -0.150. The van der Waals surface area contributed by atoms with Gasteiger partial charge in [0.1, 0.15) is 0 Å². The maximum atomic E-state index is 5.55. The lowest BCUT2D eigenvalue weighted by molar-refractivity contribution is 0.209. The van der Waals surface area contributed by atoms with E-state index in [2.05, 4.69) is 25.7 Å². The van der Waals surface area contributed by atoms with Gasteiger partial charge in [0.15, 0.2) is 0 Å². The molecule has 1 aliphatic heterocycles. The van der Waals surface area contributed by atoms with Gasteiger partial charge in [0, 0.05) is 13.0 Å². The predicted octanol–water partition coefficient (Wildman–Crippen LogP) is 2.81. The van der Waals surface area contributed by atoms with Crippen LogP contribution in [-0.4, -0.2) is 29.5 Å². The molecule has 0 aromatic carbocycles. The Balaban J connectivity index is 2.37. The maximum absolute atomic E-state index is 5.55. The summed E-state index contributed by atoms with van der Waals surface area (Å²) in [4.78, 5) is 3.17. The van der Waals surface area contributed by atoms with Gasteiger partial charge < -0.3 is 10.6 Å². The van der Waals surface area contributed by atoms with Crippen molar-refractivity contribution in [2.45, 2.75) is 46.5 Å². The fourth-order valence-electron chi connectivity index (χ4n) is 2.51. The maximum Gasteiger partial charge on any atom is 0.0740 e. The lowest BCUT2D eigenvalue weighted by atomic mass is 9.77. The zero-order valence-electron chi connectivity index (χ0n) is 11.0. The molecular weight excluding hydrogens is 216 g/mol. The first-order valence-electron chi connectivity index (χ1n) is 6.40. The Kier molecular flexibility index (Phi) is 5.19. The summed E-state index contributed by atoms with van der Waals surface area (Å²) in [7, 11) is 0. The smallest absolute Gasteiger partial charge is 0.0740 e. The number of hydrogen-bond donors (Lipinski definition) is 1. The largest absolute Gasteiger partial charge is 0.393 e. The van der Waals surface area contributed by atoms with Gasteiger partial charge in [-0.25, -0.2) is 0 Å². The summed E-state index contributed by atoms with van der Waals surface area (Å²) >= 11 is 4.93.